The Bertz CT molecular complexity index is 350. The van der Waals surface area contributed by atoms with Crippen LogP contribution < -0.4 is 5.32 Å². The third-order valence-corrected chi connectivity index (χ3v) is 6.15. The molecule has 4 nitrogen and oxygen atoms in total. The number of carboxylic acids is 1. The van der Waals surface area contributed by atoms with Gasteiger partial charge in [0.15, 0.2) is 0 Å². The normalized spacial score (nSPS) is 25.7. The van der Waals surface area contributed by atoms with E-state index >= 15 is 0 Å². The summed E-state index contributed by atoms with van der Waals surface area (Å²) < 4.78 is 0. The molecule has 0 bridgehead atoms. The number of hydrogen-bond donors (Lipinski definition) is 2. The van der Waals surface area contributed by atoms with Crippen LogP contribution in [0.5, 0.6) is 0 Å². The number of nitrogens with one attached hydrogen (secondary N) is 1. The van der Waals surface area contributed by atoms with Crippen LogP contribution >= 0.6 is 23.5 Å². The molecule has 2 unspecified atom stereocenters. The van der Waals surface area contributed by atoms with Gasteiger partial charge in [-0.05, 0) is 23.8 Å². The first kappa shape index (κ1) is 19.7. The number of carbonyl (C=O) groups excluding carboxylic acids is 1. The molecule has 2 atom stereocenters. The van der Waals surface area contributed by atoms with Crippen molar-refractivity contribution in [1.82, 2.24) is 5.32 Å². The Balaban J connectivity index is 2.66. The minimum Gasteiger partial charge on any atom is -0.480 e. The fourth-order valence-electron chi connectivity index (χ4n) is 2.39. The van der Waals surface area contributed by atoms with Crippen molar-refractivity contribution in [3.05, 3.63) is 0 Å². The molecular formula is C16H29NO3S2. The third kappa shape index (κ3) is 8.32. The molecule has 1 amide bonds. The Hall–Kier alpha value is -0.360. The van der Waals surface area contributed by atoms with E-state index in [0.29, 0.717) is 11.0 Å². The molecule has 128 valence electrons. The Morgan fingerprint density at radius 2 is 2.00 bits per heavy atom. The van der Waals surface area contributed by atoms with Crippen LogP contribution in [0.25, 0.3) is 0 Å². The van der Waals surface area contributed by atoms with E-state index < -0.39 is 12.0 Å². The minimum atomic E-state index is -0.925. The Kier molecular flexibility index (Phi) is 10.0. The summed E-state index contributed by atoms with van der Waals surface area (Å²) >= 11 is 3.41. The minimum absolute atomic E-state index is 0.0694. The maximum Gasteiger partial charge on any atom is 0.327 e. The fraction of sp³-hybridized carbons (Fsp3) is 0.875. The molecule has 1 saturated heterocycles. The first-order chi connectivity index (χ1) is 10.5. The molecule has 2 N–H and O–H groups in total. The first-order valence-corrected chi connectivity index (χ1v) is 10.4. The summed E-state index contributed by atoms with van der Waals surface area (Å²) in [6.45, 7) is 4.25. The second-order valence-electron chi connectivity index (χ2n) is 6.11. The van der Waals surface area contributed by atoms with Crippen LogP contribution in [-0.2, 0) is 9.59 Å². The van der Waals surface area contributed by atoms with Crippen LogP contribution in [0.4, 0.5) is 0 Å². The lowest BCUT2D eigenvalue weighted by Crippen LogP contribution is -2.45. The van der Waals surface area contributed by atoms with Crippen molar-refractivity contribution >= 4 is 35.4 Å². The zero-order valence-corrected chi connectivity index (χ0v) is 15.3. The van der Waals surface area contributed by atoms with Crippen LogP contribution in [-0.4, -0.2) is 45.5 Å². The topological polar surface area (TPSA) is 66.4 Å². The number of hydrogen-bond acceptors (Lipinski definition) is 4. The zero-order valence-electron chi connectivity index (χ0n) is 13.7. The van der Waals surface area contributed by atoms with E-state index in [-0.39, 0.29) is 11.8 Å². The van der Waals surface area contributed by atoms with Gasteiger partial charge >= 0.3 is 5.97 Å². The predicted octanol–water partition coefficient (Wildman–Crippen LogP) is 3.40. The van der Waals surface area contributed by atoms with Gasteiger partial charge in [0.05, 0.1) is 0 Å². The monoisotopic (exact) mass is 347 g/mol. The van der Waals surface area contributed by atoms with Gasteiger partial charge in [-0.3, -0.25) is 4.79 Å². The maximum absolute atomic E-state index is 12.4. The van der Waals surface area contributed by atoms with Crippen molar-refractivity contribution in [1.29, 1.82) is 0 Å². The molecule has 0 aromatic heterocycles. The largest absolute Gasteiger partial charge is 0.480 e. The van der Waals surface area contributed by atoms with Gasteiger partial charge < -0.3 is 10.4 Å². The number of thioether (sulfide) groups is 2. The van der Waals surface area contributed by atoms with Crippen molar-refractivity contribution in [3.8, 4) is 0 Å². The molecule has 1 fully saturated rings. The molecular weight excluding hydrogens is 318 g/mol. The highest BCUT2D eigenvalue weighted by Crippen LogP contribution is 2.21. The van der Waals surface area contributed by atoms with Gasteiger partial charge in [-0.25, -0.2) is 4.79 Å². The number of rotatable bonds is 4. The van der Waals surface area contributed by atoms with Crippen molar-refractivity contribution in [2.75, 3.05) is 17.3 Å². The molecule has 0 spiro atoms. The predicted molar refractivity (Wildman–Crippen MR) is 95.7 cm³/mol. The Labute approximate surface area is 142 Å². The quantitative estimate of drug-likeness (QED) is 0.816. The van der Waals surface area contributed by atoms with E-state index in [1.54, 1.807) is 23.5 Å². The summed E-state index contributed by atoms with van der Waals surface area (Å²) in [5.41, 5.74) is 0. The number of carbonyl (C=O) groups is 2. The van der Waals surface area contributed by atoms with Gasteiger partial charge in [0, 0.05) is 17.4 Å². The summed E-state index contributed by atoms with van der Waals surface area (Å²) in [4.78, 5) is 23.8. The highest BCUT2D eigenvalue weighted by atomic mass is 32.2. The lowest BCUT2D eigenvalue weighted by Gasteiger charge is -2.20. The molecule has 0 radical (unpaired) electrons. The summed E-state index contributed by atoms with van der Waals surface area (Å²) in [5.74, 6) is 1.15. The van der Waals surface area contributed by atoms with Crippen LogP contribution in [0.2, 0.25) is 0 Å². The van der Waals surface area contributed by atoms with Crippen LogP contribution in [0.15, 0.2) is 0 Å². The van der Waals surface area contributed by atoms with Crippen LogP contribution in [0.3, 0.4) is 0 Å². The Morgan fingerprint density at radius 3 is 2.68 bits per heavy atom. The maximum atomic E-state index is 12.4. The lowest BCUT2D eigenvalue weighted by molar-refractivity contribution is -0.141. The average Bonchev–Trinajstić information content (AvgIpc) is 2.47. The van der Waals surface area contributed by atoms with Gasteiger partial charge in [-0.2, -0.15) is 23.5 Å². The molecule has 0 aromatic rings. The standard InChI is InChI=1S/C16H29NO3S2/c1-12(2)22-10-13-8-6-4-3-5-7-9-21-11-14(16(19)20)17-15(13)18/h12-14H,3-11H2,1-2H3,(H,17,18)(H,19,20). The second-order valence-corrected chi connectivity index (χ2v) is 8.87. The SMILES string of the molecule is CC(C)SCC1CCCCCCCSCC(C(=O)O)NC1=O. The summed E-state index contributed by atoms with van der Waals surface area (Å²) in [7, 11) is 0. The average molecular weight is 348 g/mol. The highest BCUT2D eigenvalue weighted by molar-refractivity contribution is 7.99. The molecule has 0 saturated carbocycles. The molecule has 6 heteroatoms. The van der Waals surface area contributed by atoms with Crippen molar-refractivity contribution in [2.45, 2.75) is 63.7 Å². The first-order valence-electron chi connectivity index (χ1n) is 8.23. The molecule has 1 rings (SSSR count). The molecule has 0 aromatic carbocycles. The molecule has 0 aliphatic carbocycles. The van der Waals surface area contributed by atoms with Gasteiger partial charge in [0.2, 0.25) is 5.91 Å². The van der Waals surface area contributed by atoms with Gasteiger partial charge in [0.25, 0.3) is 0 Å². The van der Waals surface area contributed by atoms with E-state index in [0.717, 1.165) is 30.8 Å². The summed E-state index contributed by atoms with van der Waals surface area (Å²) in [6.07, 6.45) is 6.65. The fourth-order valence-corrected chi connectivity index (χ4v) is 4.36. The van der Waals surface area contributed by atoms with Crippen LogP contribution in [0, 0.1) is 5.92 Å². The molecule has 1 aliphatic rings. The van der Waals surface area contributed by atoms with E-state index in [4.69, 9.17) is 0 Å². The van der Waals surface area contributed by atoms with Gasteiger partial charge in [-0.1, -0.05) is 39.5 Å². The third-order valence-electron chi connectivity index (χ3n) is 3.74. The lowest BCUT2D eigenvalue weighted by atomic mass is 10.0. The van der Waals surface area contributed by atoms with E-state index in [2.05, 4.69) is 19.2 Å². The Morgan fingerprint density at radius 1 is 1.32 bits per heavy atom. The number of amides is 1. The highest BCUT2D eigenvalue weighted by Gasteiger charge is 2.25. The summed E-state index contributed by atoms with van der Waals surface area (Å²) in [6, 6.07) is -0.759. The van der Waals surface area contributed by atoms with Gasteiger partial charge in [0.1, 0.15) is 6.04 Å². The number of aliphatic carboxylic acids is 1. The molecule has 1 aliphatic heterocycles. The van der Waals surface area contributed by atoms with E-state index in [1.165, 1.54) is 19.3 Å². The second kappa shape index (κ2) is 11.2. The smallest absolute Gasteiger partial charge is 0.327 e. The zero-order chi connectivity index (χ0) is 16.4. The molecule has 22 heavy (non-hydrogen) atoms. The van der Waals surface area contributed by atoms with Gasteiger partial charge in [-0.15, -0.1) is 0 Å². The van der Waals surface area contributed by atoms with Crippen molar-refractivity contribution in [3.63, 3.8) is 0 Å². The van der Waals surface area contributed by atoms with Crippen LogP contribution in [0.1, 0.15) is 52.4 Å². The number of carboxylic acid groups (broad SMARTS) is 1. The van der Waals surface area contributed by atoms with Crippen molar-refractivity contribution in [2.24, 2.45) is 5.92 Å². The van der Waals surface area contributed by atoms with Crippen molar-refractivity contribution < 1.29 is 14.7 Å². The summed E-state index contributed by atoms with van der Waals surface area (Å²) in [5, 5.41) is 12.5. The van der Waals surface area contributed by atoms with E-state index in [1.807, 2.05) is 0 Å². The molecule has 1 heterocycles. The van der Waals surface area contributed by atoms with E-state index in [9.17, 15) is 14.7 Å².